The second-order valence-electron chi connectivity index (χ2n) is 1.94. The molecule has 4 heteroatoms. The van der Waals surface area contributed by atoms with Crippen LogP contribution >= 0.6 is 0 Å². The number of carbonyl (C=O) groups excluding carboxylic acids is 1. The molecule has 0 N–H and O–H groups in total. The van der Waals surface area contributed by atoms with E-state index in [0.29, 0.717) is 12.3 Å². The Kier molecular flexibility index (Phi) is 2.66. The van der Waals surface area contributed by atoms with E-state index in [4.69, 9.17) is 9.15 Å². The zero-order valence-electron chi connectivity index (χ0n) is 6.24. The molecule has 0 atom stereocenters. The van der Waals surface area contributed by atoms with E-state index < -0.39 is 0 Å². The molecular formula is C7H9NO3. The molecule has 0 radical (unpaired) electrons. The predicted molar refractivity (Wildman–Crippen MR) is 36.6 cm³/mol. The fourth-order valence-electron chi connectivity index (χ4n) is 0.569. The largest absolute Gasteiger partial charge is 0.456 e. The summed E-state index contributed by atoms with van der Waals surface area (Å²) in [5.74, 6) is 0.176. The molecule has 0 aliphatic rings. The van der Waals surface area contributed by atoms with Crippen LogP contribution in [0.15, 0.2) is 16.9 Å². The summed E-state index contributed by atoms with van der Waals surface area (Å²) >= 11 is 0. The molecule has 0 saturated heterocycles. The first kappa shape index (κ1) is 7.78. The molecule has 0 saturated carbocycles. The van der Waals surface area contributed by atoms with Gasteiger partial charge in [0.15, 0.2) is 6.61 Å². The first-order valence-electron chi connectivity index (χ1n) is 3.37. The normalized spacial score (nSPS) is 9.55. The lowest BCUT2D eigenvalue weighted by molar-refractivity contribution is -0.145. The molecule has 1 rings (SSSR count). The number of rotatable bonds is 3. The van der Waals surface area contributed by atoms with Gasteiger partial charge < -0.3 is 9.15 Å². The molecule has 4 nitrogen and oxygen atoms in total. The highest BCUT2D eigenvalue weighted by molar-refractivity contribution is 5.68. The van der Waals surface area contributed by atoms with Gasteiger partial charge in [0.25, 0.3) is 0 Å². The molecule has 11 heavy (non-hydrogen) atoms. The minimum Gasteiger partial charge on any atom is -0.456 e. The van der Waals surface area contributed by atoms with E-state index in [9.17, 15) is 4.79 Å². The molecule has 60 valence electrons. The number of ether oxygens (including phenoxy) is 1. The number of hydrogen-bond acceptors (Lipinski definition) is 4. The van der Waals surface area contributed by atoms with E-state index in [-0.39, 0.29) is 12.6 Å². The van der Waals surface area contributed by atoms with Crippen LogP contribution < -0.4 is 0 Å². The van der Waals surface area contributed by atoms with Gasteiger partial charge in [0.2, 0.25) is 5.89 Å². The van der Waals surface area contributed by atoms with Crippen LogP contribution in [-0.2, 0) is 16.1 Å². The lowest BCUT2D eigenvalue weighted by atomic mass is 10.5. The molecule has 0 unspecified atom stereocenters. The van der Waals surface area contributed by atoms with Crippen molar-refractivity contribution in [3.8, 4) is 0 Å². The van der Waals surface area contributed by atoms with Crippen LogP contribution in [0.1, 0.15) is 19.2 Å². The van der Waals surface area contributed by atoms with Gasteiger partial charge in [-0.25, -0.2) is 4.98 Å². The van der Waals surface area contributed by atoms with Crippen molar-refractivity contribution in [1.29, 1.82) is 0 Å². The Hall–Kier alpha value is -1.32. The molecular weight excluding hydrogens is 146 g/mol. The third-order valence-corrected chi connectivity index (χ3v) is 1.13. The van der Waals surface area contributed by atoms with Gasteiger partial charge in [-0.3, -0.25) is 4.79 Å². The maximum Gasteiger partial charge on any atom is 0.306 e. The van der Waals surface area contributed by atoms with Crippen molar-refractivity contribution in [2.75, 3.05) is 0 Å². The highest BCUT2D eigenvalue weighted by Gasteiger charge is 2.01. The van der Waals surface area contributed by atoms with E-state index in [1.54, 1.807) is 6.92 Å². The summed E-state index contributed by atoms with van der Waals surface area (Å²) in [5.41, 5.74) is 0. The summed E-state index contributed by atoms with van der Waals surface area (Å²) in [6.07, 6.45) is 3.32. The summed E-state index contributed by atoms with van der Waals surface area (Å²) in [6.45, 7) is 1.86. The molecule has 0 amide bonds. The van der Waals surface area contributed by atoms with Crippen molar-refractivity contribution >= 4 is 5.97 Å². The van der Waals surface area contributed by atoms with E-state index in [1.165, 1.54) is 12.5 Å². The van der Waals surface area contributed by atoms with E-state index in [0.717, 1.165) is 0 Å². The molecule has 1 aromatic heterocycles. The number of aromatic nitrogens is 1. The molecule has 0 fully saturated rings. The topological polar surface area (TPSA) is 52.3 Å². The Morgan fingerprint density at radius 3 is 3.18 bits per heavy atom. The lowest BCUT2D eigenvalue weighted by Crippen LogP contribution is -2.02. The summed E-state index contributed by atoms with van der Waals surface area (Å²) in [5, 5.41) is 0. The maximum atomic E-state index is 10.6. The smallest absolute Gasteiger partial charge is 0.306 e. The molecule has 1 aromatic rings. The Bertz CT molecular complexity index is 218. The van der Waals surface area contributed by atoms with Crippen molar-refractivity contribution in [3.63, 3.8) is 0 Å². The van der Waals surface area contributed by atoms with Gasteiger partial charge in [-0.1, -0.05) is 6.92 Å². The average Bonchev–Trinajstić information content (AvgIpc) is 2.52. The average molecular weight is 155 g/mol. The Labute approximate surface area is 64.2 Å². The van der Waals surface area contributed by atoms with Crippen LogP contribution in [0.25, 0.3) is 0 Å². The summed E-state index contributed by atoms with van der Waals surface area (Å²) in [7, 11) is 0. The number of hydrogen-bond donors (Lipinski definition) is 0. The monoisotopic (exact) mass is 155 g/mol. The number of carbonyl (C=O) groups is 1. The van der Waals surface area contributed by atoms with E-state index in [1.807, 2.05) is 0 Å². The standard InChI is InChI=1S/C7H9NO3/c1-2-7(9)11-5-6-8-3-4-10-6/h3-4H,2,5H2,1H3. The number of nitrogens with zero attached hydrogens (tertiary/aromatic N) is 1. The van der Waals surface area contributed by atoms with Gasteiger partial charge in [0, 0.05) is 6.42 Å². The van der Waals surface area contributed by atoms with Crippen LogP contribution in [-0.4, -0.2) is 11.0 Å². The second kappa shape index (κ2) is 3.75. The molecule has 0 bridgehead atoms. The Morgan fingerprint density at radius 2 is 2.64 bits per heavy atom. The highest BCUT2D eigenvalue weighted by Crippen LogP contribution is 1.97. The Balaban J connectivity index is 2.29. The van der Waals surface area contributed by atoms with Gasteiger partial charge in [-0.15, -0.1) is 0 Å². The first-order chi connectivity index (χ1) is 5.33. The summed E-state index contributed by atoms with van der Waals surface area (Å²) in [4.78, 5) is 14.4. The molecule has 0 aromatic carbocycles. The van der Waals surface area contributed by atoms with Gasteiger partial charge in [-0.05, 0) is 0 Å². The maximum absolute atomic E-state index is 10.6. The fraction of sp³-hybridized carbons (Fsp3) is 0.429. The van der Waals surface area contributed by atoms with Gasteiger partial charge in [-0.2, -0.15) is 0 Å². The highest BCUT2D eigenvalue weighted by atomic mass is 16.5. The zero-order chi connectivity index (χ0) is 8.10. The third-order valence-electron chi connectivity index (χ3n) is 1.13. The molecule has 1 heterocycles. The third kappa shape index (κ3) is 2.41. The van der Waals surface area contributed by atoms with Gasteiger partial charge >= 0.3 is 5.97 Å². The van der Waals surface area contributed by atoms with Crippen molar-refractivity contribution in [2.24, 2.45) is 0 Å². The number of esters is 1. The fourth-order valence-corrected chi connectivity index (χ4v) is 0.569. The van der Waals surface area contributed by atoms with Crippen LogP contribution in [0.4, 0.5) is 0 Å². The van der Waals surface area contributed by atoms with Crippen LogP contribution in [0.2, 0.25) is 0 Å². The Morgan fingerprint density at radius 1 is 1.82 bits per heavy atom. The SMILES string of the molecule is CCC(=O)OCc1ncco1. The van der Waals surface area contributed by atoms with Crippen LogP contribution in [0.5, 0.6) is 0 Å². The number of oxazole rings is 1. The van der Waals surface area contributed by atoms with E-state index >= 15 is 0 Å². The van der Waals surface area contributed by atoms with Crippen molar-refractivity contribution in [1.82, 2.24) is 4.98 Å². The molecule has 0 aliphatic heterocycles. The molecule has 0 spiro atoms. The second-order valence-corrected chi connectivity index (χ2v) is 1.94. The van der Waals surface area contributed by atoms with Crippen molar-refractivity contribution in [3.05, 3.63) is 18.4 Å². The minimum atomic E-state index is -0.247. The predicted octanol–water partition coefficient (Wildman–Crippen LogP) is 1.13. The quantitative estimate of drug-likeness (QED) is 0.614. The van der Waals surface area contributed by atoms with Gasteiger partial charge in [0.1, 0.15) is 6.26 Å². The lowest BCUT2D eigenvalue weighted by Gasteiger charge is -1.97. The van der Waals surface area contributed by atoms with Crippen molar-refractivity contribution < 1.29 is 13.9 Å². The van der Waals surface area contributed by atoms with Crippen LogP contribution in [0.3, 0.4) is 0 Å². The van der Waals surface area contributed by atoms with Crippen LogP contribution in [0, 0.1) is 0 Å². The first-order valence-corrected chi connectivity index (χ1v) is 3.37. The summed E-state index contributed by atoms with van der Waals surface area (Å²) in [6, 6.07) is 0. The zero-order valence-corrected chi connectivity index (χ0v) is 6.24. The minimum absolute atomic E-state index is 0.125. The van der Waals surface area contributed by atoms with Crippen molar-refractivity contribution in [2.45, 2.75) is 20.0 Å². The van der Waals surface area contributed by atoms with E-state index in [2.05, 4.69) is 4.98 Å². The summed E-state index contributed by atoms with van der Waals surface area (Å²) < 4.78 is 9.58. The molecule has 0 aliphatic carbocycles. The van der Waals surface area contributed by atoms with Gasteiger partial charge in [0.05, 0.1) is 6.20 Å².